The van der Waals surface area contributed by atoms with Crippen LogP contribution in [0.3, 0.4) is 0 Å². The monoisotopic (exact) mass is 516 g/mol. The summed E-state index contributed by atoms with van der Waals surface area (Å²) in [5.74, 6) is -0.666. The highest BCUT2D eigenvalue weighted by atomic mass is 35.5. The molecule has 4 atom stereocenters. The molecule has 0 spiro atoms. The average molecular weight is 518 g/mol. The van der Waals surface area contributed by atoms with Crippen LogP contribution in [-0.2, 0) is 14.9 Å². The van der Waals surface area contributed by atoms with E-state index in [4.69, 9.17) is 33.7 Å². The molecule has 188 valence electrons. The lowest BCUT2D eigenvalue weighted by atomic mass is 9.63. The summed E-state index contributed by atoms with van der Waals surface area (Å²) in [5, 5.41) is 18.5. The van der Waals surface area contributed by atoms with Gasteiger partial charge in [-0.3, -0.25) is 4.79 Å². The molecule has 1 fully saturated rings. The third-order valence-corrected chi connectivity index (χ3v) is 6.86. The van der Waals surface area contributed by atoms with Crippen molar-refractivity contribution < 1.29 is 9.53 Å². The Labute approximate surface area is 218 Å². The van der Waals surface area contributed by atoms with Crippen molar-refractivity contribution in [3.05, 3.63) is 69.7 Å². The molecule has 35 heavy (non-hydrogen) atoms. The van der Waals surface area contributed by atoms with Crippen LogP contribution in [0, 0.1) is 16.7 Å². The first-order chi connectivity index (χ1) is 16.6. The topological polar surface area (TPSA) is 100 Å². The number of halogens is 2. The van der Waals surface area contributed by atoms with Gasteiger partial charge in [0.1, 0.15) is 5.41 Å². The number of hydrogen-bond donors (Lipinski definition) is 3. The zero-order valence-corrected chi connectivity index (χ0v) is 22.0. The van der Waals surface area contributed by atoms with Crippen molar-refractivity contribution in [1.82, 2.24) is 10.6 Å². The molecule has 0 radical (unpaired) electrons. The second-order valence-corrected chi connectivity index (χ2v) is 11.0. The fourth-order valence-electron chi connectivity index (χ4n) is 5.00. The maximum absolute atomic E-state index is 13.5. The number of nitriles is 1. The van der Waals surface area contributed by atoms with Gasteiger partial charge in [-0.25, -0.2) is 0 Å². The van der Waals surface area contributed by atoms with E-state index in [2.05, 4.69) is 37.5 Å². The maximum atomic E-state index is 13.5. The molecule has 2 aromatic rings. The number of ether oxygens (including phenoxy) is 1. The molecule has 6 nitrogen and oxygen atoms in total. The molecule has 1 heterocycles. The molecule has 0 aliphatic carbocycles. The van der Waals surface area contributed by atoms with Crippen LogP contribution in [0.15, 0.2) is 48.5 Å². The highest BCUT2D eigenvalue weighted by molar-refractivity contribution is 6.30. The number of rotatable bonds is 9. The Morgan fingerprint density at radius 1 is 1.17 bits per heavy atom. The molecule has 0 saturated carbocycles. The maximum Gasteiger partial charge on any atom is 0.237 e. The van der Waals surface area contributed by atoms with E-state index in [1.54, 1.807) is 18.2 Å². The molecule has 2 aromatic carbocycles. The quantitative estimate of drug-likeness (QED) is 0.428. The molecule has 1 aliphatic rings. The van der Waals surface area contributed by atoms with Crippen molar-refractivity contribution in [2.45, 2.75) is 50.6 Å². The van der Waals surface area contributed by atoms with Crippen molar-refractivity contribution in [2.75, 3.05) is 26.3 Å². The van der Waals surface area contributed by atoms with E-state index in [0.29, 0.717) is 42.8 Å². The van der Waals surface area contributed by atoms with E-state index in [-0.39, 0.29) is 17.4 Å². The number of nitrogens with zero attached hydrogens (tertiary/aromatic N) is 1. The van der Waals surface area contributed by atoms with Gasteiger partial charge in [-0.05, 0) is 47.2 Å². The average Bonchev–Trinajstić information content (AvgIpc) is 3.12. The van der Waals surface area contributed by atoms with Crippen molar-refractivity contribution in [3.8, 4) is 6.07 Å². The van der Waals surface area contributed by atoms with Crippen LogP contribution in [-0.4, -0.2) is 44.3 Å². The fourth-order valence-corrected chi connectivity index (χ4v) is 5.32. The van der Waals surface area contributed by atoms with Gasteiger partial charge in [0.05, 0.1) is 25.3 Å². The molecule has 0 aromatic heterocycles. The van der Waals surface area contributed by atoms with Crippen LogP contribution in [0.4, 0.5) is 0 Å². The minimum atomic E-state index is -1.03. The van der Waals surface area contributed by atoms with Crippen LogP contribution in [0.1, 0.15) is 44.2 Å². The first-order valence-electron chi connectivity index (χ1n) is 11.9. The SMILES string of the molecule is CC(C)(C)CC1NC(C(=O)NCCOCCN)C(c2cccc(Cl)c2)C1(C#N)c1ccc(Cl)cc1. The molecule has 4 N–H and O–H groups in total. The van der Waals surface area contributed by atoms with Crippen LogP contribution >= 0.6 is 23.2 Å². The van der Waals surface area contributed by atoms with Crippen LogP contribution in [0.2, 0.25) is 10.0 Å². The van der Waals surface area contributed by atoms with Crippen molar-refractivity contribution >= 4 is 29.1 Å². The summed E-state index contributed by atoms with van der Waals surface area (Å²) in [6, 6.07) is 16.5. The second-order valence-electron chi connectivity index (χ2n) is 10.2. The third kappa shape index (κ3) is 6.35. The Balaban J connectivity index is 2.10. The summed E-state index contributed by atoms with van der Waals surface area (Å²) in [4.78, 5) is 13.5. The van der Waals surface area contributed by atoms with E-state index in [9.17, 15) is 10.1 Å². The van der Waals surface area contributed by atoms with E-state index in [0.717, 1.165) is 11.1 Å². The van der Waals surface area contributed by atoms with Crippen molar-refractivity contribution in [3.63, 3.8) is 0 Å². The van der Waals surface area contributed by atoms with Crippen molar-refractivity contribution in [2.24, 2.45) is 11.1 Å². The van der Waals surface area contributed by atoms with Crippen LogP contribution in [0.5, 0.6) is 0 Å². The number of amides is 1. The zero-order valence-electron chi connectivity index (χ0n) is 20.5. The number of carbonyl (C=O) groups excluding carboxylic acids is 1. The normalized spacial score (nSPS) is 24.2. The van der Waals surface area contributed by atoms with Crippen LogP contribution < -0.4 is 16.4 Å². The number of nitrogens with two attached hydrogens (primary N) is 1. The zero-order chi connectivity index (χ0) is 25.6. The van der Waals surface area contributed by atoms with Gasteiger partial charge in [0.2, 0.25) is 5.91 Å². The minimum Gasteiger partial charge on any atom is -0.378 e. The number of hydrogen-bond acceptors (Lipinski definition) is 5. The van der Waals surface area contributed by atoms with Gasteiger partial charge in [0.25, 0.3) is 0 Å². The standard InChI is InChI=1S/C27H34Cl2N4O2/c1-26(2,3)16-22-27(17-31,19-7-9-20(28)10-8-19)23(18-5-4-6-21(29)15-18)24(33-22)25(34)32-12-14-35-13-11-30/h4-10,15,22-24,33H,11-14,16,30H2,1-3H3,(H,32,34). The van der Waals surface area contributed by atoms with Crippen LogP contribution in [0.25, 0.3) is 0 Å². The van der Waals surface area contributed by atoms with E-state index >= 15 is 0 Å². The lowest BCUT2D eigenvalue weighted by Gasteiger charge is -2.37. The molecule has 0 bridgehead atoms. The summed E-state index contributed by atoms with van der Waals surface area (Å²) in [6.45, 7) is 7.98. The highest BCUT2D eigenvalue weighted by Gasteiger charge is 2.59. The van der Waals surface area contributed by atoms with Gasteiger partial charge in [-0.1, -0.05) is 68.2 Å². The van der Waals surface area contributed by atoms with E-state index in [1.165, 1.54) is 0 Å². The van der Waals surface area contributed by atoms with Gasteiger partial charge in [-0.15, -0.1) is 0 Å². The molecule has 3 rings (SSSR count). The third-order valence-electron chi connectivity index (χ3n) is 6.38. The first-order valence-corrected chi connectivity index (χ1v) is 12.6. The Morgan fingerprint density at radius 2 is 1.89 bits per heavy atom. The largest absolute Gasteiger partial charge is 0.378 e. The molecule has 4 unspecified atom stereocenters. The lowest BCUT2D eigenvalue weighted by Crippen LogP contribution is -2.46. The summed E-state index contributed by atoms with van der Waals surface area (Å²) in [6.07, 6.45) is 0.684. The summed E-state index contributed by atoms with van der Waals surface area (Å²) >= 11 is 12.6. The van der Waals surface area contributed by atoms with Gasteiger partial charge >= 0.3 is 0 Å². The molecular formula is C27H34Cl2N4O2. The molecule has 1 saturated heterocycles. The number of benzene rings is 2. The Kier molecular flexibility index (Phi) is 9.20. The highest BCUT2D eigenvalue weighted by Crippen LogP contribution is 2.51. The fraction of sp³-hybridized carbons (Fsp3) is 0.481. The molecule has 8 heteroatoms. The number of carbonyl (C=O) groups is 1. The molecule has 1 amide bonds. The molecule has 1 aliphatic heterocycles. The predicted molar refractivity (Wildman–Crippen MR) is 141 cm³/mol. The molecular weight excluding hydrogens is 483 g/mol. The van der Waals surface area contributed by atoms with Gasteiger partial charge in [-0.2, -0.15) is 5.26 Å². The van der Waals surface area contributed by atoms with Gasteiger partial charge < -0.3 is 21.1 Å². The summed E-state index contributed by atoms with van der Waals surface area (Å²) < 4.78 is 5.41. The van der Waals surface area contributed by atoms with E-state index < -0.39 is 17.4 Å². The first kappa shape index (κ1) is 27.4. The minimum absolute atomic E-state index is 0.0908. The van der Waals surface area contributed by atoms with Gasteiger partial charge in [0.15, 0.2) is 0 Å². The smallest absolute Gasteiger partial charge is 0.237 e. The number of nitrogens with one attached hydrogen (secondary N) is 2. The lowest BCUT2D eigenvalue weighted by molar-refractivity contribution is -0.123. The Hall–Kier alpha value is -2.14. The van der Waals surface area contributed by atoms with Gasteiger partial charge in [0, 0.05) is 35.1 Å². The van der Waals surface area contributed by atoms with E-state index in [1.807, 2.05) is 30.3 Å². The predicted octanol–water partition coefficient (Wildman–Crippen LogP) is 4.41. The summed E-state index contributed by atoms with van der Waals surface area (Å²) in [7, 11) is 0. The van der Waals surface area contributed by atoms with Crippen molar-refractivity contribution in [1.29, 1.82) is 5.26 Å². The summed E-state index contributed by atoms with van der Waals surface area (Å²) in [5.41, 5.74) is 6.00. The Bertz CT molecular complexity index is 1050. The Morgan fingerprint density at radius 3 is 2.49 bits per heavy atom. The second kappa shape index (κ2) is 11.7.